The van der Waals surface area contributed by atoms with Gasteiger partial charge < -0.3 is 14.8 Å². The average Bonchev–Trinajstić information content (AvgIpc) is 2.52. The second-order valence-electron chi connectivity index (χ2n) is 4.23. The number of hydrogen-bond donors (Lipinski definition) is 1. The van der Waals surface area contributed by atoms with Crippen molar-refractivity contribution in [3.05, 3.63) is 29.6 Å². The summed E-state index contributed by atoms with van der Waals surface area (Å²) in [5.74, 6) is 0.0986. The number of amides is 1. The van der Waals surface area contributed by atoms with Crippen LogP contribution in [0, 0.1) is 5.82 Å². The van der Waals surface area contributed by atoms with Crippen LogP contribution in [0.25, 0.3) is 0 Å². The normalized spacial score (nSPS) is 18.4. The van der Waals surface area contributed by atoms with Crippen molar-refractivity contribution in [2.75, 3.05) is 20.3 Å². The standard InChI is InChI=1S/C13H16FNO3/c1-17-8-13(16)15-11-3-2-6-18-12-5-4-9(14)7-10(11)12/h4-5,7,11H,2-3,6,8H2,1H3,(H,15,16). The Balaban J connectivity index is 2.20. The maximum Gasteiger partial charge on any atom is 0.246 e. The molecule has 1 aromatic carbocycles. The monoisotopic (exact) mass is 253 g/mol. The van der Waals surface area contributed by atoms with Crippen LogP contribution in [0.1, 0.15) is 24.4 Å². The summed E-state index contributed by atoms with van der Waals surface area (Å²) in [5, 5.41) is 2.83. The van der Waals surface area contributed by atoms with Crippen molar-refractivity contribution in [1.29, 1.82) is 0 Å². The largest absolute Gasteiger partial charge is 0.493 e. The molecule has 0 aliphatic carbocycles. The molecule has 0 bridgehead atoms. The van der Waals surface area contributed by atoms with Gasteiger partial charge in [0, 0.05) is 12.7 Å². The van der Waals surface area contributed by atoms with Gasteiger partial charge in [-0.05, 0) is 31.0 Å². The third-order valence-corrected chi connectivity index (χ3v) is 2.85. The van der Waals surface area contributed by atoms with Crippen molar-refractivity contribution >= 4 is 5.91 Å². The summed E-state index contributed by atoms with van der Waals surface area (Å²) in [7, 11) is 1.46. The fourth-order valence-electron chi connectivity index (χ4n) is 2.07. The molecular weight excluding hydrogens is 237 g/mol. The van der Waals surface area contributed by atoms with Crippen LogP contribution in [0.3, 0.4) is 0 Å². The van der Waals surface area contributed by atoms with Gasteiger partial charge in [0.25, 0.3) is 0 Å². The van der Waals surface area contributed by atoms with Gasteiger partial charge in [-0.3, -0.25) is 4.79 Å². The maximum absolute atomic E-state index is 13.3. The van der Waals surface area contributed by atoms with Crippen molar-refractivity contribution in [1.82, 2.24) is 5.32 Å². The third kappa shape index (κ3) is 2.98. The molecule has 5 heteroatoms. The van der Waals surface area contributed by atoms with Gasteiger partial charge in [-0.15, -0.1) is 0 Å². The molecule has 0 aromatic heterocycles. The predicted molar refractivity (Wildman–Crippen MR) is 63.9 cm³/mol. The lowest BCUT2D eigenvalue weighted by atomic mass is 10.0. The summed E-state index contributed by atoms with van der Waals surface area (Å²) in [6.45, 7) is 0.581. The Bertz CT molecular complexity index is 436. The van der Waals surface area contributed by atoms with Gasteiger partial charge in [-0.2, -0.15) is 0 Å². The lowest BCUT2D eigenvalue weighted by Gasteiger charge is -2.18. The predicted octanol–water partition coefficient (Wildman–Crippen LogP) is 1.80. The summed E-state index contributed by atoms with van der Waals surface area (Å²) in [6, 6.07) is 4.16. The number of methoxy groups -OCH3 is 1. The summed E-state index contributed by atoms with van der Waals surface area (Å²) in [6.07, 6.45) is 1.54. The summed E-state index contributed by atoms with van der Waals surface area (Å²) in [5.41, 5.74) is 0.692. The molecule has 1 unspecified atom stereocenters. The number of hydrogen-bond acceptors (Lipinski definition) is 3. The van der Waals surface area contributed by atoms with E-state index in [9.17, 15) is 9.18 Å². The quantitative estimate of drug-likeness (QED) is 0.893. The molecule has 4 nitrogen and oxygen atoms in total. The Morgan fingerprint density at radius 2 is 2.44 bits per heavy atom. The van der Waals surface area contributed by atoms with Crippen molar-refractivity contribution in [2.45, 2.75) is 18.9 Å². The molecule has 98 valence electrons. The van der Waals surface area contributed by atoms with Crippen molar-refractivity contribution in [3.8, 4) is 5.75 Å². The average molecular weight is 253 g/mol. The first-order valence-electron chi connectivity index (χ1n) is 5.91. The fourth-order valence-corrected chi connectivity index (χ4v) is 2.07. The number of ether oxygens (including phenoxy) is 2. The highest BCUT2D eigenvalue weighted by molar-refractivity contribution is 5.77. The van der Waals surface area contributed by atoms with Crippen LogP contribution in [0.4, 0.5) is 4.39 Å². The van der Waals surface area contributed by atoms with E-state index >= 15 is 0 Å². The molecule has 18 heavy (non-hydrogen) atoms. The molecule has 1 amide bonds. The number of carbonyl (C=O) groups excluding carboxylic acids is 1. The number of halogens is 1. The van der Waals surface area contributed by atoms with Gasteiger partial charge in [0.2, 0.25) is 5.91 Å². The summed E-state index contributed by atoms with van der Waals surface area (Å²) in [4.78, 5) is 11.5. The van der Waals surface area contributed by atoms with Crippen LogP contribution < -0.4 is 10.1 Å². The number of nitrogens with one attached hydrogen (secondary N) is 1. The molecule has 1 N–H and O–H groups in total. The van der Waals surface area contributed by atoms with Gasteiger partial charge in [0.15, 0.2) is 0 Å². The Hall–Kier alpha value is -1.62. The van der Waals surface area contributed by atoms with E-state index in [-0.39, 0.29) is 24.4 Å². The molecule has 1 aliphatic heterocycles. The molecular formula is C13H16FNO3. The summed E-state index contributed by atoms with van der Waals surface area (Å²) >= 11 is 0. The van der Waals surface area contributed by atoms with Crippen molar-refractivity contribution in [2.24, 2.45) is 0 Å². The number of fused-ring (bicyclic) bond motifs is 1. The Kier molecular flexibility index (Phi) is 4.15. The molecule has 0 saturated heterocycles. The third-order valence-electron chi connectivity index (χ3n) is 2.85. The van der Waals surface area contributed by atoms with Crippen LogP contribution in [0.5, 0.6) is 5.75 Å². The highest BCUT2D eigenvalue weighted by Gasteiger charge is 2.21. The topological polar surface area (TPSA) is 47.6 Å². The SMILES string of the molecule is COCC(=O)NC1CCCOc2ccc(F)cc21. The molecule has 2 rings (SSSR count). The number of rotatable bonds is 3. The highest BCUT2D eigenvalue weighted by Crippen LogP contribution is 2.31. The van der Waals surface area contributed by atoms with Crippen LogP contribution in [0.15, 0.2) is 18.2 Å². The van der Waals surface area contributed by atoms with E-state index in [0.29, 0.717) is 17.9 Å². The Morgan fingerprint density at radius 1 is 1.61 bits per heavy atom. The Morgan fingerprint density at radius 3 is 3.22 bits per heavy atom. The molecule has 1 aliphatic rings. The second-order valence-corrected chi connectivity index (χ2v) is 4.23. The van der Waals surface area contributed by atoms with Gasteiger partial charge in [-0.25, -0.2) is 4.39 Å². The van der Waals surface area contributed by atoms with Crippen LogP contribution in [-0.4, -0.2) is 26.2 Å². The molecule has 0 radical (unpaired) electrons. The van der Waals surface area contributed by atoms with Crippen LogP contribution >= 0.6 is 0 Å². The van der Waals surface area contributed by atoms with E-state index in [1.54, 1.807) is 6.07 Å². The van der Waals surface area contributed by atoms with E-state index in [1.165, 1.54) is 19.2 Å². The Labute approximate surface area is 105 Å². The van der Waals surface area contributed by atoms with Gasteiger partial charge in [-0.1, -0.05) is 0 Å². The minimum atomic E-state index is -0.328. The smallest absolute Gasteiger partial charge is 0.246 e. The van der Waals surface area contributed by atoms with Crippen LogP contribution in [0.2, 0.25) is 0 Å². The highest BCUT2D eigenvalue weighted by atomic mass is 19.1. The zero-order valence-corrected chi connectivity index (χ0v) is 10.2. The lowest BCUT2D eigenvalue weighted by molar-refractivity contribution is -0.125. The van der Waals surface area contributed by atoms with Crippen LogP contribution in [-0.2, 0) is 9.53 Å². The first kappa shape index (κ1) is 12.8. The summed E-state index contributed by atoms with van der Waals surface area (Å²) < 4.78 is 23.6. The molecule has 0 spiro atoms. The molecule has 0 fully saturated rings. The van der Waals surface area contributed by atoms with Crippen molar-refractivity contribution < 1.29 is 18.7 Å². The van der Waals surface area contributed by atoms with E-state index in [2.05, 4.69) is 5.32 Å². The number of benzene rings is 1. The molecule has 0 saturated carbocycles. The van der Waals surface area contributed by atoms with E-state index in [0.717, 1.165) is 12.8 Å². The molecule has 1 atom stereocenters. The van der Waals surface area contributed by atoms with Gasteiger partial charge >= 0.3 is 0 Å². The maximum atomic E-state index is 13.3. The fraction of sp³-hybridized carbons (Fsp3) is 0.462. The minimum absolute atomic E-state index is 0.00199. The van der Waals surface area contributed by atoms with Crippen molar-refractivity contribution in [3.63, 3.8) is 0 Å². The first-order valence-corrected chi connectivity index (χ1v) is 5.91. The minimum Gasteiger partial charge on any atom is -0.493 e. The second kappa shape index (κ2) is 5.82. The zero-order chi connectivity index (χ0) is 13.0. The van der Waals surface area contributed by atoms with E-state index in [1.807, 2.05) is 0 Å². The van der Waals surface area contributed by atoms with E-state index in [4.69, 9.17) is 9.47 Å². The van der Waals surface area contributed by atoms with Gasteiger partial charge in [0.1, 0.15) is 18.2 Å². The first-order chi connectivity index (χ1) is 8.70. The molecule has 1 aromatic rings. The number of carbonyl (C=O) groups is 1. The lowest BCUT2D eigenvalue weighted by Crippen LogP contribution is -2.31. The van der Waals surface area contributed by atoms with Gasteiger partial charge in [0.05, 0.1) is 12.6 Å². The van der Waals surface area contributed by atoms with E-state index < -0.39 is 0 Å². The zero-order valence-electron chi connectivity index (χ0n) is 10.2. The molecule has 1 heterocycles.